The lowest BCUT2D eigenvalue weighted by Gasteiger charge is -2.18. The smallest absolute Gasteiger partial charge is 0.0438 e. The van der Waals surface area contributed by atoms with E-state index in [1.165, 1.54) is 16.8 Å². The van der Waals surface area contributed by atoms with Crippen LogP contribution in [0.5, 0.6) is 0 Å². The van der Waals surface area contributed by atoms with Crippen LogP contribution in [0.4, 0.5) is 0 Å². The predicted molar refractivity (Wildman–Crippen MR) is 61.8 cm³/mol. The molecule has 0 fully saturated rings. The third kappa shape index (κ3) is 2.14. The molecule has 1 aromatic heterocycles. The minimum atomic E-state index is 0.580. The third-order valence-electron chi connectivity index (χ3n) is 2.64. The summed E-state index contributed by atoms with van der Waals surface area (Å²) >= 11 is 0. The number of aromatic nitrogens is 1. The van der Waals surface area contributed by atoms with Crippen molar-refractivity contribution in [2.45, 2.75) is 52.9 Å². The van der Waals surface area contributed by atoms with Crippen molar-refractivity contribution in [2.75, 3.05) is 0 Å². The van der Waals surface area contributed by atoms with Gasteiger partial charge in [0, 0.05) is 11.9 Å². The maximum absolute atomic E-state index is 4.46. The molecule has 78 valence electrons. The summed E-state index contributed by atoms with van der Waals surface area (Å²) < 4.78 is 0. The van der Waals surface area contributed by atoms with E-state index >= 15 is 0 Å². The zero-order valence-corrected chi connectivity index (χ0v) is 9.96. The van der Waals surface area contributed by atoms with Crippen LogP contribution in [-0.4, -0.2) is 4.98 Å². The molecule has 1 rings (SSSR count). The van der Waals surface area contributed by atoms with E-state index in [1.54, 1.807) is 0 Å². The van der Waals surface area contributed by atoms with E-state index in [-0.39, 0.29) is 0 Å². The van der Waals surface area contributed by atoms with E-state index in [2.05, 4.69) is 45.7 Å². The Morgan fingerprint density at radius 3 is 2.21 bits per heavy atom. The van der Waals surface area contributed by atoms with Gasteiger partial charge in [-0.2, -0.15) is 0 Å². The van der Waals surface area contributed by atoms with Crippen molar-refractivity contribution in [1.29, 1.82) is 0 Å². The molecule has 1 nitrogen and oxygen atoms in total. The van der Waals surface area contributed by atoms with Crippen LogP contribution in [0.25, 0.3) is 0 Å². The molecule has 0 aliphatic heterocycles. The van der Waals surface area contributed by atoms with E-state index in [0.29, 0.717) is 11.8 Å². The molecule has 0 aliphatic rings. The van der Waals surface area contributed by atoms with Crippen LogP contribution < -0.4 is 0 Å². The molecule has 1 aromatic rings. The molecular weight excluding hydrogens is 170 g/mol. The van der Waals surface area contributed by atoms with Gasteiger partial charge in [-0.25, -0.2) is 0 Å². The Bertz CT molecular complexity index is 300. The lowest BCUT2D eigenvalue weighted by molar-refractivity contribution is 0.761. The second-order valence-electron chi connectivity index (χ2n) is 4.42. The Kier molecular flexibility index (Phi) is 3.68. The largest absolute Gasteiger partial charge is 0.261 e. The lowest BCUT2D eigenvalue weighted by atomic mass is 9.89. The van der Waals surface area contributed by atoms with Crippen molar-refractivity contribution >= 4 is 0 Å². The minimum Gasteiger partial charge on any atom is -0.261 e. The zero-order chi connectivity index (χ0) is 10.7. The number of hydrogen-bond donors (Lipinski definition) is 0. The normalized spacial score (nSPS) is 11.4. The van der Waals surface area contributed by atoms with Gasteiger partial charge in [0.05, 0.1) is 0 Å². The molecule has 0 radical (unpaired) electrons. The minimum absolute atomic E-state index is 0.580. The van der Waals surface area contributed by atoms with E-state index in [0.717, 1.165) is 6.42 Å². The molecule has 1 heteroatoms. The Labute approximate surface area is 87.6 Å². The maximum atomic E-state index is 4.46. The maximum Gasteiger partial charge on any atom is 0.0438 e. The molecule has 0 saturated heterocycles. The SMILES string of the molecule is CCc1nccc(C(C)C)c1C(C)C. The summed E-state index contributed by atoms with van der Waals surface area (Å²) in [7, 11) is 0. The molecular formula is C13H21N. The summed E-state index contributed by atoms with van der Waals surface area (Å²) in [5, 5.41) is 0. The second kappa shape index (κ2) is 4.59. The van der Waals surface area contributed by atoms with Crippen molar-refractivity contribution in [1.82, 2.24) is 4.98 Å². The first-order chi connectivity index (χ1) is 6.57. The fourth-order valence-electron chi connectivity index (χ4n) is 1.99. The van der Waals surface area contributed by atoms with Crippen LogP contribution >= 0.6 is 0 Å². The van der Waals surface area contributed by atoms with Gasteiger partial charge in [-0.1, -0.05) is 34.6 Å². The molecule has 1 heterocycles. The summed E-state index contributed by atoms with van der Waals surface area (Å²) in [6.07, 6.45) is 2.98. The Morgan fingerprint density at radius 2 is 1.79 bits per heavy atom. The topological polar surface area (TPSA) is 12.9 Å². The zero-order valence-electron chi connectivity index (χ0n) is 9.96. The predicted octanol–water partition coefficient (Wildman–Crippen LogP) is 3.89. The highest BCUT2D eigenvalue weighted by molar-refractivity contribution is 5.35. The molecule has 14 heavy (non-hydrogen) atoms. The molecule has 0 atom stereocenters. The van der Waals surface area contributed by atoms with Gasteiger partial charge in [0.1, 0.15) is 0 Å². The molecule has 0 spiro atoms. The van der Waals surface area contributed by atoms with E-state index in [1.807, 2.05) is 6.20 Å². The van der Waals surface area contributed by atoms with Gasteiger partial charge in [0.25, 0.3) is 0 Å². The molecule has 0 bridgehead atoms. The summed E-state index contributed by atoms with van der Waals surface area (Å²) in [6, 6.07) is 2.17. The number of aryl methyl sites for hydroxylation is 1. The monoisotopic (exact) mass is 191 g/mol. The van der Waals surface area contributed by atoms with E-state index < -0.39 is 0 Å². The van der Waals surface area contributed by atoms with Gasteiger partial charge in [-0.3, -0.25) is 4.98 Å². The van der Waals surface area contributed by atoms with Gasteiger partial charge >= 0.3 is 0 Å². The molecule has 0 N–H and O–H groups in total. The van der Waals surface area contributed by atoms with Crippen molar-refractivity contribution < 1.29 is 0 Å². The molecule has 0 amide bonds. The summed E-state index contributed by atoms with van der Waals surface area (Å²) in [4.78, 5) is 4.46. The fourth-order valence-corrected chi connectivity index (χ4v) is 1.99. The number of pyridine rings is 1. The Morgan fingerprint density at radius 1 is 1.14 bits per heavy atom. The highest BCUT2D eigenvalue weighted by atomic mass is 14.7. The van der Waals surface area contributed by atoms with Crippen LogP contribution in [0, 0.1) is 0 Å². The lowest BCUT2D eigenvalue weighted by Crippen LogP contribution is -2.05. The highest BCUT2D eigenvalue weighted by Gasteiger charge is 2.13. The van der Waals surface area contributed by atoms with Gasteiger partial charge < -0.3 is 0 Å². The van der Waals surface area contributed by atoms with Gasteiger partial charge in [0.2, 0.25) is 0 Å². The molecule has 0 aliphatic carbocycles. The first-order valence-electron chi connectivity index (χ1n) is 5.55. The van der Waals surface area contributed by atoms with Crippen LogP contribution in [-0.2, 0) is 6.42 Å². The first-order valence-corrected chi connectivity index (χ1v) is 5.55. The Balaban J connectivity index is 3.28. The fraction of sp³-hybridized carbons (Fsp3) is 0.615. The first kappa shape index (κ1) is 11.2. The van der Waals surface area contributed by atoms with Crippen LogP contribution in [0.2, 0.25) is 0 Å². The molecule has 0 unspecified atom stereocenters. The third-order valence-corrected chi connectivity index (χ3v) is 2.64. The average molecular weight is 191 g/mol. The van der Waals surface area contributed by atoms with Gasteiger partial charge in [-0.05, 0) is 35.4 Å². The summed E-state index contributed by atoms with van der Waals surface area (Å²) in [6.45, 7) is 11.2. The van der Waals surface area contributed by atoms with Crippen molar-refractivity contribution in [3.8, 4) is 0 Å². The van der Waals surface area contributed by atoms with E-state index in [4.69, 9.17) is 0 Å². The summed E-state index contributed by atoms with van der Waals surface area (Å²) in [5.41, 5.74) is 4.20. The summed E-state index contributed by atoms with van der Waals surface area (Å²) in [5.74, 6) is 1.18. The quantitative estimate of drug-likeness (QED) is 0.706. The number of hydrogen-bond acceptors (Lipinski definition) is 1. The van der Waals surface area contributed by atoms with Gasteiger partial charge in [0.15, 0.2) is 0 Å². The average Bonchev–Trinajstić information content (AvgIpc) is 2.16. The van der Waals surface area contributed by atoms with Crippen molar-refractivity contribution in [3.05, 3.63) is 29.1 Å². The van der Waals surface area contributed by atoms with Crippen LogP contribution in [0.3, 0.4) is 0 Å². The number of rotatable bonds is 3. The second-order valence-corrected chi connectivity index (χ2v) is 4.42. The van der Waals surface area contributed by atoms with Crippen LogP contribution in [0.15, 0.2) is 12.3 Å². The van der Waals surface area contributed by atoms with Gasteiger partial charge in [-0.15, -0.1) is 0 Å². The van der Waals surface area contributed by atoms with E-state index in [9.17, 15) is 0 Å². The number of nitrogens with zero attached hydrogens (tertiary/aromatic N) is 1. The molecule has 0 saturated carbocycles. The Hall–Kier alpha value is -0.850. The van der Waals surface area contributed by atoms with Crippen LogP contribution in [0.1, 0.15) is 63.3 Å². The highest BCUT2D eigenvalue weighted by Crippen LogP contribution is 2.28. The standard InChI is InChI=1S/C13H21N/c1-6-12-13(10(4)5)11(9(2)3)7-8-14-12/h7-10H,6H2,1-5H3. The van der Waals surface area contributed by atoms with Crippen molar-refractivity contribution in [2.24, 2.45) is 0 Å². The molecule has 0 aromatic carbocycles. The van der Waals surface area contributed by atoms with Crippen molar-refractivity contribution in [3.63, 3.8) is 0 Å².